The SMILES string of the molecule is O[C@H](c1ccnc(Cl)n1)C1CC1. The third kappa shape index (κ3) is 1.57. The maximum atomic E-state index is 9.64. The summed E-state index contributed by atoms with van der Waals surface area (Å²) in [5.41, 5.74) is 0.637. The van der Waals surface area contributed by atoms with Gasteiger partial charge in [-0.2, -0.15) is 0 Å². The summed E-state index contributed by atoms with van der Waals surface area (Å²) in [6.07, 6.45) is 3.28. The quantitative estimate of drug-likeness (QED) is 0.710. The summed E-state index contributed by atoms with van der Waals surface area (Å²) in [7, 11) is 0. The second-order valence-corrected chi connectivity index (χ2v) is 3.37. The lowest BCUT2D eigenvalue weighted by Crippen LogP contribution is -2.02. The molecule has 2 rings (SSSR count). The number of nitrogens with zero attached hydrogens (tertiary/aromatic N) is 2. The third-order valence-electron chi connectivity index (χ3n) is 2.02. The molecule has 64 valence electrons. The van der Waals surface area contributed by atoms with Gasteiger partial charge >= 0.3 is 0 Å². The van der Waals surface area contributed by atoms with Crippen LogP contribution in [0.25, 0.3) is 0 Å². The first-order chi connectivity index (χ1) is 5.77. The second kappa shape index (κ2) is 2.99. The van der Waals surface area contributed by atoms with E-state index in [0.29, 0.717) is 11.6 Å². The zero-order valence-electron chi connectivity index (χ0n) is 6.44. The van der Waals surface area contributed by atoms with Crippen LogP contribution < -0.4 is 0 Å². The third-order valence-corrected chi connectivity index (χ3v) is 2.20. The molecule has 4 heteroatoms. The normalized spacial score (nSPS) is 19.2. The number of halogens is 1. The van der Waals surface area contributed by atoms with Gasteiger partial charge in [-0.15, -0.1) is 0 Å². The number of aliphatic hydroxyl groups excluding tert-OH is 1. The maximum Gasteiger partial charge on any atom is 0.222 e. The monoisotopic (exact) mass is 184 g/mol. The molecule has 3 nitrogen and oxygen atoms in total. The lowest BCUT2D eigenvalue weighted by Gasteiger charge is -2.06. The van der Waals surface area contributed by atoms with Crippen LogP contribution >= 0.6 is 11.6 Å². The minimum absolute atomic E-state index is 0.201. The topological polar surface area (TPSA) is 46.0 Å². The van der Waals surface area contributed by atoms with Crippen molar-refractivity contribution in [2.24, 2.45) is 5.92 Å². The minimum atomic E-state index is -0.453. The predicted octanol–water partition coefficient (Wildman–Crippen LogP) is 1.57. The van der Waals surface area contributed by atoms with Gasteiger partial charge in [0, 0.05) is 6.20 Å². The molecule has 0 aliphatic heterocycles. The van der Waals surface area contributed by atoms with E-state index in [9.17, 15) is 5.11 Å². The average molecular weight is 185 g/mol. The second-order valence-electron chi connectivity index (χ2n) is 3.03. The molecule has 1 saturated carbocycles. The number of aromatic nitrogens is 2. The molecule has 0 amide bonds. The van der Waals surface area contributed by atoms with Gasteiger partial charge in [-0.3, -0.25) is 0 Å². The van der Waals surface area contributed by atoms with Gasteiger partial charge in [-0.05, 0) is 36.4 Å². The van der Waals surface area contributed by atoms with E-state index in [1.807, 2.05) is 0 Å². The van der Waals surface area contributed by atoms with Gasteiger partial charge in [0.25, 0.3) is 0 Å². The van der Waals surface area contributed by atoms with Crippen LogP contribution in [0.4, 0.5) is 0 Å². The molecular weight excluding hydrogens is 176 g/mol. The van der Waals surface area contributed by atoms with Gasteiger partial charge in [0.2, 0.25) is 5.28 Å². The van der Waals surface area contributed by atoms with Crippen molar-refractivity contribution in [1.82, 2.24) is 9.97 Å². The number of hydrogen-bond donors (Lipinski definition) is 1. The largest absolute Gasteiger partial charge is 0.387 e. The van der Waals surface area contributed by atoms with Crippen LogP contribution in [0.1, 0.15) is 24.6 Å². The van der Waals surface area contributed by atoms with Gasteiger partial charge in [0.1, 0.15) is 0 Å². The highest BCUT2D eigenvalue weighted by Gasteiger charge is 2.31. The van der Waals surface area contributed by atoms with E-state index in [-0.39, 0.29) is 5.28 Å². The van der Waals surface area contributed by atoms with Crippen LogP contribution in [-0.2, 0) is 0 Å². The summed E-state index contributed by atoms with van der Waals surface area (Å²) in [5.74, 6) is 0.385. The van der Waals surface area contributed by atoms with Crippen molar-refractivity contribution in [1.29, 1.82) is 0 Å². The van der Waals surface area contributed by atoms with Crippen molar-refractivity contribution in [3.63, 3.8) is 0 Å². The summed E-state index contributed by atoms with van der Waals surface area (Å²) in [5, 5.41) is 9.84. The average Bonchev–Trinajstić information content (AvgIpc) is 2.85. The number of rotatable bonds is 2. The van der Waals surface area contributed by atoms with Crippen molar-refractivity contribution >= 4 is 11.6 Å². The molecule has 1 aliphatic rings. The Hall–Kier alpha value is -0.670. The summed E-state index contributed by atoms with van der Waals surface area (Å²) >= 11 is 5.58. The molecular formula is C8H9ClN2O. The maximum absolute atomic E-state index is 9.64. The Morgan fingerprint density at radius 3 is 2.92 bits per heavy atom. The molecule has 1 atom stereocenters. The molecule has 1 N–H and O–H groups in total. The van der Waals surface area contributed by atoms with Gasteiger partial charge in [-0.1, -0.05) is 0 Å². The Labute approximate surface area is 75.4 Å². The van der Waals surface area contributed by atoms with E-state index < -0.39 is 6.10 Å². The van der Waals surface area contributed by atoms with Crippen LogP contribution in [0.2, 0.25) is 5.28 Å². The highest BCUT2D eigenvalue weighted by Crippen LogP contribution is 2.40. The first-order valence-corrected chi connectivity index (χ1v) is 4.31. The Balaban J connectivity index is 2.20. The van der Waals surface area contributed by atoms with Crippen LogP contribution in [0.5, 0.6) is 0 Å². The summed E-state index contributed by atoms with van der Waals surface area (Å²) in [4.78, 5) is 7.68. The Morgan fingerprint density at radius 1 is 1.58 bits per heavy atom. The Bertz CT molecular complexity index is 288. The zero-order chi connectivity index (χ0) is 8.55. The van der Waals surface area contributed by atoms with Gasteiger partial charge < -0.3 is 5.11 Å². The van der Waals surface area contributed by atoms with E-state index in [0.717, 1.165) is 12.8 Å². The first kappa shape index (κ1) is 7.95. The smallest absolute Gasteiger partial charge is 0.222 e. The fraction of sp³-hybridized carbons (Fsp3) is 0.500. The van der Waals surface area contributed by atoms with E-state index >= 15 is 0 Å². The van der Waals surface area contributed by atoms with Crippen molar-refractivity contribution in [2.45, 2.75) is 18.9 Å². The molecule has 1 heterocycles. The molecule has 0 radical (unpaired) electrons. The lowest BCUT2D eigenvalue weighted by molar-refractivity contribution is 0.149. The van der Waals surface area contributed by atoms with Crippen molar-refractivity contribution in [3.8, 4) is 0 Å². The van der Waals surface area contributed by atoms with Crippen LogP contribution in [0.3, 0.4) is 0 Å². The van der Waals surface area contributed by atoms with Crippen molar-refractivity contribution in [2.75, 3.05) is 0 Å². The molecule has 0 aromatic carbocycles. The summed E-state index contributed by atoms with van der Waals surface area (Å²) in [6.45, 7) is 0. The standard InChI is InChI=1S/C8H9ClN2O/c9-8-10-4-3-6(11-8)7(12)5-1-2-5/h3-5,7,12H,1-2H2/t7-/m0/s1. The van der Waals surface area contributed by atoms with Crippen LogP contribution in [0, 0.1) is 5.92 Å². The van der Waals surface area contributed by atoms with Gasteiger partial charge in [-0.25, -0.2) is 9.97 Å². The Kier molecular flexibility index (Phi) is 1.98. The van der Waals surface area contributed by atoms with Gasteiger partial charge in [0.15, 0.2) is 0 Å². The minimum Gasteiger partial charge on any atom is -0.387 e. The number of aliphatic hydroxyl groups is 1. The van der Waals surface area contributed by atoms with Gasteiger partial charge in [0.05, 0.1) is 11.8 Å². The van der Waals surface area contributed by atoms with E-state index in [1.54, 1.807) is 12.3 Å². The molecule has 1 fully saturated rings. The molecule has 0 unspecified atom stereocenters. The Morgan fingerprint density at radius 2 is 2.33 bits per heavy atom. The van der Waals surface area contributed by atoms with Crippen molar-refractivity contribution in [3.05, 3.63) is 23.2 Å². The lowest BCUT2D eigenvalue weighted by atomic mass is 10.1. The molecule has 1 aromatic heterocycles. The zero-order valence-corrected chi connectivity index (χ0v) is 7.20. The molecule has 0 saturated heterocycles. The molecule has 1 aliphatic carbocycles. The molecule has 1 aromatic rings. The number of hydrogen-bond acceptors (Lipinski definition) is 3. The first-order valence-electron chi connectivity index (χ1n) is 3.94. The van der Waals surface area contributed by atoms with Crippen LogP contribution in [-0.4, -0.2) is 15.1 Å². The summed E-state index contributed by atoms with van der Waals surface area (Å²) in [6, 6.07) is 1.70. The van der Waals surface area contributed by atoms with Crippen LogP contribution in [0.15, 0.2) is 12.3 Å². The molecule has 12 heavy (non-hydrogen) atoms. The van der Waals surface area contributed by atoms with Crippen molar-refractivity contribution < 1.29 is 5.11 Å². The highest BCUT2D eigenvalue weighted by molar-refractivity contribution is 6.28. The van der Waals surface area contributed by atoms with E-state index in [4.69, 9.17) is 11.6 Å². The molecule has 0 bridgehead atoms. The fourth-order valence-electron chi connectivity index (χ4n) is 1.17. The van der Waals surface area contributed by atoms with E-state index in [1.165, 1.54) is 0 Å². The summed E-state index contributed by atoms with van der Waals surface area (Å²) < 4.78 is 0. The predicted molar refractivity (Wildman–Crippen MR) is 44.7 cm³/mol. The highest BCUT2D eigenvalue weighted by atomic mass is 35.5. The fourth-order valence-corrected chi connectivity index (χ4v) is 1.32. The molecule has 0 spiro atoms. The van der Waals surface area contributed by atoms with E-state index in [2.05, 4.69) is 9.97 Å².